The topological polar surface area (TPSA) is 13.1 Å². The Labute approximate surface area is 158 Å². The van der Waals surface area contributed by atoms with Crippen molar-refractivity contribution in [1.29, 1.82) is 0 Å². The van der Waals surface area contributed by atoms with Crippen LogP contribution in [0.5, 0.6) is 0 Å². The summed E-state index contributed by atoms with van der Waals surface area (Å²) in [5.74, 6) is 3.10. The number of hydrogen-bond acceptors (Lipinski definition) is 1. The van der Waals surface area contributed by atoms with Gasteiger partial charge in [0.2, 0.25) is 0 Å². The van der Waals surface area contributed by atoms with Gasteiger partial charge in [0, 0.05) is 43.7 Å². The molecule has 0 radical (unpaired) electrons. The van der Waals surface area contributed by atoms with E-state index in [4.69, 9.17) is 4.42 Å². The maximum absolute atomic E-state index is 6.50. The van der Waals surface area contributed by atoms with Gasteiger partial charge in [-0.3, -0.25) is 0 Å². The van der Waals surface area contributed by atoms with Gasteiger partial charge in [-0.1, -0.05) is 92.5 Å². The Bertz CT molecular complexity index is 885. The van der Waals surface area contributed by atoms with E-state index in [1.807, 2.05) is 0 Å². The lowest BCUT2D eigenvalue weighted by Crippen LogP contribution is -2.10. The van der Waals surface area contributed by atoms with Gasteiger partial charge >= 0.3 is 0 Å². The zero-order valence-electron chi connectivity index (χ0n) is 13.0. The molecule has 0 aliphatic heterocycles. The fourth-order valence-electron chi connectivity index (χ4n) is 4.35. The van der Waals surface area contributed by atoms with E-state index in [-0.39, 0.29) is 0 Å². The minimum absolute atomic E-state index is 0.474. The molecule has 1 unspecified atom stereocenters. The van der Waals surface area contributed by atoms with Crippen LogP contribution in [0.2, 0.25) is 0 Å². The fraction of sp³-hybridized carbons (Fsp3) is 0.238. The summed E-state index contributed by atoms with van der Waals surface area (Å²) in [6.07, 6.45) is 1.17. The van der Waals surface area contributed by atoms with Crippen molar-refractivity contribution in [3.63, 3.8) is 0 Å². The molecule has 2 aliphatic rings. The lowest BCUT2D eigenvalue weighted by molar-refractivity contribution is 0.581. The SMILES string of the molecule is BrC1[C@H]2c3c(-c4ccccc4)oc(-c4ccccc4)c3[C@@H]1C[C@H]2Br. The smallest absolute Gasteiger partial charge is 0.138 e. The number of alkyl halides is 2. The molecule has 0 spiro atoms. The molecule has 24 heavy (non-hydrogen) atoms. The minimum Gasteiger partial charge on any atom is -0.455 e. The van der Waals surface area contributed by atoms with Crippen LogP contribution in [0.1, 0.15) is 29.4 Å². The third-order valence-electron chi connectivity index (χ3n) is 5.36. The molecule has 2 aromatic carbocycles. The molecule has 1 aromatic heterocycles. The first kappa shape index (κ1) is 15.0. The number of benzene rings is 2. The second-order valence-corrected chi connectivity index (χ2v) is 8.88. The van der Waals surface area contributed by atoms with Gasteiger partial charge in [0.25, 0.3) is 0 Å². The van der Waals surface area contributed by atoms with Crippen molar-refractivity contribution in [3.8, 4) is 22.6 Å². The summed E-state index contributed by atoms with van der Waals surface area (Å²) < 4.78 is 6.50. The second-order valence-electron chi connectivity index (χ2n) is 6.65. The highest BCUT2D eigenvalue weighted by atomic mass is 79.9. The van der Waals surface area contributed by atoms with E-state index < -0.39 is 0 Å². The molecule has 0 N–H and O–H groups in total. The molecule has 1 saturated carbocycles. The Kier molecular flexibility index (Phi) is 3.50. The van der Waals surface area contributed by atoms with Crippen molar-refractivity contribution in [2.24, 2.45) is 0 Å². The van der Waals surface area contributed by atoms with Crippen LogP contribution in [0.4, 0.5) is 0 Å². The van der Waals surface area contributed by atoms with Crippen molar-refractivity contribution in [3.05, 3.63) is 71.8 Å². The van der Waals surface area contributed by atoms with E-state index in [9.17, 15) is 0 Å². The van der Waals surface area contributed by atoms with Crippen molar-refractivity contribution < 1.29 is 4.42 Å². The van der Waals surface area contributed by atoms with Gasteiger partial charge in [-0.2, -0.15) is 0 Å². The third-order valence-corrected chi connectivity index (χ3v) is 7.51. The maximum Gasteiger partial charge on any atom is 0.138 e. The van der Waals surface area contributed by atoms with Gasteiger partial charge in [0.05, 0.1) is 0 Å². The van der Waals surface area contributed by atoms with Gasteiger partial charge in [0.1, 0.15) is 11.5 Å². The van der Waals surface area contributed by atoms with E-state index in [1.54, 1.807) is 0 Å². The van der Waals surface area contributed by atoms with Crippen LogP contribution >= 0.6 is 31.9 Å². The summed E-state index contributed by atoms with van der Waals surface area (Å²) in [6.45, 7) is 0. The number of rotatable bonds is 2. The quantitative estimate of drug-likeness (QED) is 0.400. The molecule has 2 aliphatic carbocycles. The number of furan rings is 1. The first-order chi connectivity index (χ1) is 11.8. The van der Waals surface area contributed by atoms with Gasteiger partial charge in [-0.05, 0) is 6.42 Å². The van der Waals surface area contributed by atoms with Crippen LogP contribution in [-0.2, 0) is 0 Å². The van der Waals surface area contributed by atoms with E-state index in [0.29, 0.717) is 21.5 Å². The molecule has 0 saturated heterocycles. The predicted octanol–water partition coefficient (Wildman–Crippen LogP) is 6.73. The zero-order chi connectivity index (χ0) is 16.3. The Morgan fingerprint density at radius 2 is 1.29 bits per heavy atom. The van der Waals surface area contributed by atoms with Crippen LogP contribution in [0.25, 0.3) is 22.6 Å². The molecule has 1 heterocycles. The van der Waals surface area contributed by atoms with E-state index in [0.717, 1.165) is 11.5 Å². The van der Waals surface area contributed by atoms with Gasteiger partial charge in [-0.15, -0.1) is 0 Å². The largest absolute Gasteiger partial charge is 0.455 e. The molecule has 4 atom stereocenters. The fourth-order valence-corrected chi connectivity index (χ4v) is 6.87. The number of hydrogen-bond donors (Lipinski definition) is 0. The standard InChI is InChI=1S/C21H16Br2O/c22-15-11-14-16-18(17(15)19(14)23)21(13-9-5-2-6-10-13)24-20(16)12-7-3-1-4-8-12/h1-10,14-15,17,19H,11H2/t14-,15+,17+,19?/m0/s1. The molecule has 0 amide bonds. The number of halogens is 2. The molecule has 1 nitrogen and oxygen atoms in total. The van der Waals surface area contributed by atoms with Crippen LogP contribution in [-0.4, -0.2) is 9.65 Å². The molecule has 3 aromatic rings. The van der Waals surface area contributed by atoms with Crippen molar-refractivity contribution in [1.82, 2.24) is 0 Å². The summed E-state index contributed by atoms with van der Waals surface area (Å²) in [7, 11) is 0. The van der Waals surface area contributed by atoms with Crippen LogP contribution < -0.4 is 0 Å². The lowest BCUT2D eigenvalue weighted by Gasteiger charge is -2.17. The molecule has 5 rings (SSSR count). The lowest BCUT2D eigenvalue weighted by atomic mass is 9.89. The van der Waals surface area contributed by atoms with Crippen molar-refractivity contribution in [2.45, 2.75) is 27.9 Å². The Morgan fingerprint density at radius 3 is 1.88 bits per heavy atom. The first-order valence-electron chi connectivity index (χ1n) is 8.31. The van der Waals surface area contributed by atoms with Crippen LogP contribution in [0.3, 0.4) is 0 Å². The molecule has 1 fully saturated rings. The third kappa shape index (κ3) is 2.04. The molecule has 120 valence electrons. The average molecular weight is 444 g/mol. The van der Waals surface area contributed by atoms with E-state index in [1.165, 1.54) is 28.7 Å². The Hall–Kier alpha value is -1.32. The van der Waals surface area contributed by atoms with Gasteiger partial charge in [0.15, 0.2) is 0 Å². The maximum atomic E-state index is 6.50. The van der Waals surface area contributed by atoms with Crippen LogP contribution in [0.15, 0.2) is 65.1 Å². The van der Waals surface area contributed by atoms with Gasteiger partial charge < -0.3 is 4.42 Å². The number of fused-ring (bicyclic) bond motifs is 5. The second kappa shape index (κ2) is 5.60. The molecular weight excluding hydrogens is 428 g/mol. The Morgan fingerprint density at radius 1 is 0.750 bits per heavy atom. The van der Waals surface area contributed by atoms with Gasteiger partial charge in [-0.25, -0.2) is 0 Å². The van der Waals surface area contributed by atoms with Crippen molar-refractivity contribution in [2.75, 3.05) is 0 Å². The highest BCUT2D eigenvalue weighted by Crippen LogP contribution is 2.63. The summed E-state index contributed by atoms with van der Waals surface area (Å²) >= 11 is 7.88. The van der Waals surface area contributed by atoms with Crippen molar-refractivity contribution >= 4 is 31.9 Å². The zero-order valence-corrected chi connectivity index (χ0v) is 16.1. The summed E-state index contributed by atoms with van der Waals surface area (Å²) in [6, 6.07) is 21.0. The summed E-state index contributed by atoms with van der Waals surface area (Å²) in [4.78, 5) is 1.01. The summed E-state index contributed by atoms with van der Waals surface area (Å²) in [5.41, 5.74) is 5.17. The molecule has 3 heteroatoms. The minimum atomic E-state index is 0.474. The highest BCUT2D eigenvalue weighted by Gasteiger charge is 2.53. The average Bonchev–Trinajstić information content (AvgIpc) is 3.23. The van der Waals surface area contributed by atoms with E-state index >= 15 is 0 Å². The normalized spacial score (nSPS) is 27.4. The monoisotopic (exact) mass is 442 g/mol. The highest BCUT2D eigenvalue weighted by molar-refractivity contribution is 9.10. The Balaban J connectivity index is 1.78. The summed E-state index contributed by atoms with van der Waals surface area (Å²) in [5, 5.41) is 0. The first-order valence-corrected chi connectivity index (χ1v) is 10.1. The van der Waals surface area contributed by atoms with E-state index in [2.05, 4.69) is 92.5 Å². The molecular formula is C21H16Br2O. The predicted molar refractivity (Wildman–Crippen MR) is 105 cm³/mol. The van der Waals surface area contributed by atoms with Crippen LogP contribution in [0, 0.1) is 0 Å². The molecule has 2 bridgehead atoms.